The molecule has 5 nitrogen and oxygen atoms in total. The molecule has 23 heavy (non-hydrogen) atoms. The van der Waals surface area contributed by atoms with Gasteiger partial charge in [-0.2, -0.15) is 0 Å². The molecule has 1 N–H and O–H groups in total. The van der Waals surface area contributed by atoms with Crippen LogP contribution >= 0.6 is 0 Å². The van der Waals surface area contributed by atoms with Gasteiger partial charge in [-0.3, -0.25) is 4.79 Å². The van der Waals surface area contributed by atoms with Crippen LogP contribution in [0.5, 0.6) is 0 Å². The highest BCUT2D eigenvalue weighted by Gasteiger charge is 2.41. The van der Waals surface area contributed by atoms with Crippen molar-refractivity contribution in [3.63, 3.8) is 0 Å². The van der Waals surface area contributed by atoms with Gasteiger partial charge in [-0.1, -0.05) is 27.7 Å². The molecule has 0 aliphatic rings. The summed E-state index contributed by atoms with van der Waals surface area (Å²) in [6.07, 6.45) is 0.981. The summed E-state index contributed by atoms with van der Waals surface area (Å²) in [6.45, 7) is 16.1. The Hall–Kier alpha value is -0.216. The van der Waals surface area contributed by atoms with E-state index < -0.39 is 16.9 Å². The van der Waals surface area contributed by atoms with Gasteiger partial charge in [0.05, 0.1) is 5.92 Å². The zero-order valence-corrected chi connectivity index (χ0v) is 18.5. The highest BCUT2D eigenvalue weighted by Crippen LogP contribution is 2.36. The lowest BCUT2D eigenvalue weighted by atomic mass is 10.2. The second kappa shape index (κ2) is 9.31. The van der Waals surface area contributed by atoms with Crippen LogP contribution in [0.15, 0.2) is 0 Å². The summed E-state index contributed by atoms with van der Waals surface area (Å²) >= 11 is 0. The molecule has 1 atom stereocenters. The molecule has 0 rings (SSSR count). The summed E-state index contributed by atoms with van der Waals surface area (Å²) in [7, 11) is -0.579. The van der Waals surface area contributed by atoms with Crippen LogP contribution < -0.4 is 5.32 Å². The van der Waals surface area contributed by atoms with Crippen LogP contribution in [0.25, 0.3) is 0 Å². The predicted molar refractivity (Wildman–Crippen MR) is 100 cm³/mol. The molecule has 0 saturated heterocycles. The van der Waals surface area contributed by atoms with E-state index in [1.54, 1.807) is 14.2 Å². The highest BCUT2D eigenvalue weighted by molar-refractivity contribution is 6.75. The fourth-order valence-electron chi connectivity index (χ4n) is 1.73. The van der Waals surface area contributed by atoms with Gasteiger partial charge < -0.3 is 18.6 Å². The van der Waals surface area contributed by atoms with E-state index in [0.29, 0.717) is 6.54 Å². The second-order valence-electron chi connectivity index (χ2n) is 7.93. The van der Waals surface area contributed by atoms with E-state index in [1.807, 2.05) is 6.92 Å². The van der Waals surface area contributed by atoms with Crippen LogP contribution in [-0.2, 0) is 18.1 Å². The topological polar surface area (TPSA) is 56.8 Å². The van der Waals surface area contributed by atoms with Gasteiger partial charge in [-0.25, -0.2) is 0 Å². The van der Waals surface area contributed by atoms with Gasteiger partial charge in [0, 0.05) is 20.8 Å². The summed E-state index contributed by atoms with van der Waals surface area (Å²) in [4.78, 5) is 12.3. The summed E-state index contributed by atoms with van der Waals surface area (Å²) in [5.41, 5.74) is 0. The van der Waals surface area contributed by atoms with Gasteiger partial charge in [-0.15, -0.1) is 0 Å². The molecule has 0 heterocycles. The molecule has 0 spiro atoms. The number of carbonyl (C=O) groups excluding carboxylic acids is 1. The summed E-state index contributed by atoms with van der Waals surface area (Å²) in [5.74, 6) is -0.213. The molecule has 7 heteroatoms. The molecule has 0 aliphatic carbocycles. The maximum absolute atomic E-state index is 12.3. The molecular weight excluding hydrogens is 326 g/mol. The number of nitrogens with one attached hydrogen (secondary N) is 1. The molecule has 138 valence electrons. The van der Waals surface area contributed by atoms with Crippen molar-refractivity contribution in [1.82, 2.24) is 5.32 Å². The molecule has 0 aliphatic heterocycles. The molecular formula is C16H37NO4Si2. The van der Waals surface area contributed by atoms with Gasteiger partial charge in [0.1, 0.15) is 0 Å². The molecule has 0 aromatic heterocycles. The SMILES string of the molecule is CO[Si](C)(CCCNCC(C)C(=O)O[Si](C)(C)C(C)(C)C)OC. The third-order valence-electron chi connectivity index (χ3n) is 4.86. The first-order valence-electron chi connectivity index (χ1n) is 8.42. The average Bonchev–Trinajstić information content (AvgIpc) is 2.44. The first-order chi connectivity index (χ1) is 10.4. The molecule has 1 unspecified atom stereocenters. The normalized spacial score (nSPS) is 14.7. The molecule has 0 saturated carbocycles. The standard InChI is InChI=1S/C16H37NO4Si2/c1-14(15(18)21-22(7,8)16(2,3)4)13-17-11-10-12-23(9,19-5)20-6/h14,17H,10-13H2,1-9H3. The molecule has 0 fully saturated rings. The Labute approximate surface area is 144 Å². The van der Waals surface area contributed by atoms with Crippen LogP contribution in [0, 0.1) is 5.92 Å². The molecule has 0 amide bonds. The minimum atomic E-state index is -2.02. The van der Waals surface area contributed by atoms with Crippen LogP contribution in [-0.4, -0.2) is 50.2 Å². The highest BCUT2D eigenvalue weighted by atomic mass is 28.4. The van der Waals surface area contributed by atoms with E-state index in [9.17, 15) is 4.79 Å². The average molecular weight is 364 g/mol. The van der Waals surface area contributed by atoms with Crippen molar-refractivity contribution in [3.05, 3.63) is 0 Å². The zero-order valence-electron chi connectivity index (χ0n) is 16.5. The summed E-state index contributed by atoms with van der Waals surface area (Å²) in [5, 5.41) is 3.38. The Morgan fingerprint density at radius 3 is 2.09 bits per heavy atom. The monoisotopic (exact) mass is 363 g/mol. The lowest BCUT2D eigenvalue weighted by molar-refractivity contribution is -0.139. The van der Waals surface area contributed by atoms with Gasteiger partial charge in [0.25, 0.3) is 14.3 Å². The number of hydrogen-bond donors (Lipinski definition) is 1. The van der Waals surface area contributed by atoms with Crippen molar-refractivity contribution in [3.8, 4) is 0 Å². The quantitative estimate of drug-likeness (QED) is 0.475. The Morgan fingerprint density at radius 2 is 1.65 bits per heavy atom. The Morgan fingerprint density at radius 1 is 1.13 bits per heavy atom. The minimum Gasteiger partial charge on any atom is -0.519 e. The number of carbonyl (C=O) groups is 1. The lowest BCUT2D eigenvalue weighted by Gasteiger charge is -2.36. The first kappa shape index (κ1) is 22.8. The fourth-order valence-corrected chi connectivity index (χ4v) is 4.13. The van der Waals surface area contributed by atoms with Crippen molar-refractivity contribution in [2.24, 2.45) is 5.92 Å². The Balaban J connectivity index is 4.12. The Bertz CT molecular complexity index is 366. The first-order valence-corrected chi connectivity index (χ1v) is 13.9. The molecule has 0 aromatic rings. The summed E-state index contributed by atoms with van der Waals surface area (Å²) in [6, 6.07) is 0.940. The third-order valence-corrected chi connectivity index (χ3v) is 12.2. The van der Waals surface area contributed by atoms with Crippen LogP contribution in [0.1, 0.15) is 34.1 Å². The van der Waals surface area contributed by atoms with Gasteiger partial charge in [-0.05, 0) is 43.7 Å². The van der Waals surface area contributed by atoms with E-state index >= 15 is 0 Å². The zero-order chi connectivity index (χ0) is 18.3. The van der Waals surface area contributed by atoms with Gasteiger partial charge >= 0.3 is 8.56 Å². The maximum atomic E-state index is 12.3. The minimum absolute atomic E-state index is 0.0468. The van der Waals surface area contributed by atoms with E-state index in [2.05, 4.69) is 45.7 Å². The molecule has 0 radical (unpaired) electrons. The molecule has 0 aromatic carbocycles. The van der Waals surface area contributed by atoms with E-state index in [-0.39, 0.29) is 16.9 Å². The van der Waals surface area contributed by atoms with Gasteiger partial charge in [0.15, 0.2) is 0 Å². The van der Waals surface area contributed by atoms with Crippen molar-refractivity contribution in [1.29, 1.82) is 0 Å². The third kappa shape index (κ3) is 7.93. The molecule has 0 bridgehead atoms. The predicted octanol–water partition coefficient (Wildman–Crippen LogP) is 3.52. The number of rotatable bonds is 10. The Kier molecular flexibility index (Phi) is 9.23. The lowest BCUT2D eigenvalue weighted by Crippen LogP contribution is -2.45. The van der Waals surface area contributed by atoms with E-state index in [0.717, 1.165) is 19.0 Å². The van der Waals surface area contributed by atoms with Crippen LogP contribution in [0.4, 0.5) is 0 Å². The summed E-state index contributed by atoms with van der Waals surface area (Å²) < 4.78 is 16.8. The maximum Gasteiger partial charge on any atom is 0.334 e. The fraction of sp³-hybridized carbons (Fsp3) is 0.938. The number of hydrogen-bond acceptors (Lipinski definition) is 5. The van der Waals surface area contributed by atoms with Crippen molar-refractivity contribution in [2.75, 3.05) is 27.3 Å². The smallest absolute Gasteiger partial charge is 0.334 e. The van der Waals surface area contributed by atoms with Crippen molar-refractivity contribution < 1.29 is 18.1 Å². The van der Waals surface area contributed by atoms with E-state index in [4.69, 9.17) is 13.3 Å². The van der Waals surface area contributed by atoms with Gasteiger partial charge in [0.2, 0.25) is 0 Å². The van der Waals surface area contributed by atoms with E-state index in [1.165, 1.54) is 0 Å². The van der Waals surface area contributed by atoms with Crippen molar-refractivity contribution >= 4 is 22.8 Å². The van der Waals surface area contributed by atoms with Crippen LogP contribution in [0.3, 0.4) is 0 Å². The largest absolute Gasteiger partial charge is 0.519 e. The van der Waals surface area contributed by atoms with Crippen molar-refractivity contribution in [2.45, 2.75) is 64.8 Å². The van der Waals surface area contributed by atoms with Crippen LogP contribution in [0.2, 0.25) is 30.7 Å². The second-order valence-corrected chi connectivity index (χ2v) is 16.2.